The van der Waals surface area contributed by atoms with E-state index in [4.69, 9.17) is 10.8 Å². The summed E-state index contributed by atoms with van der Waals surface area (Å²) in [6, 6.07) is 10.8. The van der Waals surface area contributed by atoms with Crippen LogP contribution in [0, 0.1) is 0 Å². The summed E-state index contributed by atoms with van der Waals surface area (Å²) in [6.07, 6.45) is 10.3. The zero-order valence-corrected chi connectivity index (χ0v) is 15.3. The number of nitrogens with two attached hydrogens (primary N) is 1. The molecule has 3 atom stereocenters. The Bertz CT molecular complexity index is 966. The van der Waals surface area contributed by atoms with E-state index in [1.54, 1.807) is 12.4 Å². The summed E-state index contributed by atoms with van der Waals surface area (Å²) < 4.78 is 1.97. The normalized spacial score (nSPS) is 24.3. The van der Waals surface area contributed by atoms with Crippen LogP contribution in [0.25, 0.3) is 22.4 Å². The van der Waals surface area contributed by atoms with Gasteiger partial charge in [0, 0.05) is 35.8 Å². The van der Waals surface area contributed by atoms with Crippen LogP contribution in [0.3, 0.4) is 0 Å². The smallest absolute Gasteiger partial charge is 0.100 e. The Hall–Kier alpha value is -2.50. The molecule has 3 aromatic rings. The van der Waals surface area contributed by atoms with Crippen molar-refractivity contribution in [2.45, 2.75) is 50.3 Å². The van der Waals surface area contributed by atoms with E-state index in [1.807, 2.05) is 16.8 Å². The third-order valence-electron chi connectivity index (χ3n) is 6.05. The third kappa shape index (κ3) is 2.87. The molecule has 27 heavy (non-hydrogen) atoms. The van der Waals surface area contributed by atoms with Crippen LogP contribution < -0.4 is 5.73 Å². The second-order valence-electron chi connectivity index (χ2n) is 7.73. The first-order chi connectivity index (χ1) is 13.2. The van der Waals surface area contributed by atoms with E-state index in [1.165, 1.54) is 11.1 Å². The molecule has 2 unspecified atom stereocenters. The van der Waals surface area contributed by atoms with E-state index in [-0.39, 0.29) is 18.2 Å². The zero-order chi connectivity index (χ0) is 18.4. The minimum absolute atomic E-state index is 0.0576. The second kappa shape index (κ2) is 6.59. The highest BCUT2D eigenvalue weighted by Crippen LogP contribution is 2.38. The first kappa shape index (κ1) is 16.7. The number of aromatic nitrogens is 3. The highest BCUT2D eigenvalue weighted by atomic mass is 16.3. The fourth-order valence-corrected chi connectivity index (χ4v) is 4.54. The Morgan fingerprint density at radius 2 is 1.89 bits per heavy atom. The number of hydrogen-bond acceptors (Lipinski definition) is 4. The van der Waals surface area contributed by atoms with Crippen molar-refractivity contribution in [3.05, 3.63) is 60.0 Å². The fraction of sp³-hybridized carbons (Fsp3) is 0.364. The molecule has 0 spiro atoms. The Kier molecular flexibility index (Phi) is 4.06. The summed E-state index contributed by atoms with van der Waals surface area (Å²) in [6.45, 7) is 0. The number of aliphatic hydroxyl groups is 1. The van der Waals surface area contributed by atoms with Crippen LogP contribution in [0.1, 0.15) is 48.9 Å². The lowest BCUT2D eigenvalue weighted by Gasteiger charge is -2.14. The molecule has 1 saturated carbocycles. The SMILES string of the molecule is NC1CCc2cc(-c3cn(C4CCC[C@@H]4O)nc3-c3ccncc3)ccc21. The van der Waals surface area contributed by atoms with Gasteiger partial charge in [0.25, 0.3) is 0 Å². The van der Waals surface area contributed by atoms with Crippen LogP contribution in [-0.2, 0) is 6.42 Å². The van der Waals surface area contributed by atoms with Gasteiger partial charge in [-0.15, -0.1) is 0 Å². The van der Waals surface area contributed by atoms with Gasteiger partial charge in [0.05, 0.1) is 12.1 Å². The second-order valence-corrected chi connectivity index (χ2v) is 7.73. The Morgan fingerprint density at radius 3 is 2.67 bits per heavy atom. The topological polar surface area (TPSA) is 77.0 Å². The first-order valence-electron chi connectivity index (χ1n) is 9.77. The van der Waals surface area contributed by atoms with Crippen LogP contribution in [0.4, 0.5) is 0 Å². The standard InChI is InChI=1S/C22H24N4O/c23-19-7-5-15-12-16(4-6-17(15)19)18-13-26(20-2-1-3-21(20)27)25-22(18)14-8-10-24-11-9-14/h4,6,8-13,19-21,27H,1-3,5,7,23H2/t19?,20?,21-/m0/s1. The fourth-order valence-electron chi connectivity index (χ4n) is 4.54. The van der Waals surface area contributed by atoms with E-state index in [9.17, 15) is 5.11 Å². The van der Waals surface area contributed by atoms with Crippen LogP contribution in [0.15, 0.2) is 48.9 Å². The number of benzene rings is 1. The summed E-state index contributed by atoms with van der Waals surface area (Å²) in [5.74, 6) is 0. The van der Waals surface area contributed by atoms with Crippen LogP contribution in [0.2, 0.25) is 0 Å². The largest absolute Gasteiger partial charge is 0.391 e. The molecule has 5 rings (SSSR count). The molecule has 5 nitrogen and oxygen atoms in total. The maximum absolute atomic E-state index is 10.4. The van der Waals surface area contributed by atoms with Gasteiger partial charge in [0.15, 0.2) is 0 Å². The molecule has 0 bridgehead atoms. The average Bonchev–Trinajstić information content (AvgIpc) is 3.41. The molecule has 0 aliphatic heterocycles. The number of aryl methyl sites for hydroxylation is 1. The van der Waals surface area contributed by atoms with E-state index in [2.05, 4.69) is 29.4 Å². The molecule has 2 aliphatic rings. The molecule has 2 heterocycles. The van der Waals surface area contributed by atoms with E-state index < -0.39 is 0 Å². The van der Waals surface area contributed by atoms with Gasteiger partial charge < -0.3 is 10.8 Å². The van der Waals surface area contributed by atoms with Crippen molar-refractivity contribution >= 4 is 0 Å². The Morgan fingerprint density at radius 1 is 1.04 bits per heavy atom. The quantitative estimate of drug-likeness (QED) is 0.747. The molecule has 0 radical (unpaired) electrons. The molecule has 5 heteroatoms. The van der Waals surface area contributed by atoms with Gasteiger partial charge in [0.1, 0.15) is 5.69 Å². The lowest BCUT2D eigenvalue weighted by atomic mass is 9.98. The summed E-state index contributed by atoms with van der Waals surface area (Å²) in [5.41, 5.74) is 13.1. The zero-order valence-electron chi connectivity index (χ0n) is 15.3. The highest BCUT2D eigenvalue weighted by Gasteiger charge is 2.29. The highest BCUT2D eigenvalue weighted by molar-refractivity contribution is 5.80. The van der Waals surface area contributed by atoms with Crippen molar-refractivity contribution in [2.24, 2.45) is 5.73 Å². The van der Waals surface area contributed by atoms with Gasteiger partial charge in [-0.2, -0.15) is 5.10 Å². The molecule has 0 amide bonds. The molecule has 3 N–H and O–H groups in total. The van der Waals surface area contributed by atoms with Crippen molar-refractivity contribution in [3.8, 4) is 22.4 Å². The predicted octanol–water partition coefficient (Wildman–Crippen LogP) is 3.64. The van der Waals surface area contributed by atoms with Gasteiger partial charge in [-0.05, 0) is 60.9 Å². The summed E-state index contributed by atoms with van der Waals surface area (Å²) in [5, 5.41) is 15.3. The third-order valence-corrected chi connectivity index (χ3v) is 6.05. The molecular weight excluding hydrogens is 336 g/mol. The van der Waals surface area contributed by atoms with E-state index in [0.717, 1.165) is 54.5 Å². The number of pyridine rings is 1. The number of fused-ring (bicyclic) bond motifs is 1. The monoisotopic (exact) mass is 360 g/mol. The first-order valence-corrected chi connectivity index (χ1v) is 9.77. The van der Waals surface area contributed by atoms with Gasteiger partial charge >= 0.3 is 0 Å². The van der Waals surface area contributed by atoms with Gasteiger partial charge in [-0.3, -0.25) is 9.67 Å². The maximum atomic E-state index is 10.4. The van der Waals surface area contributed by atoms with E-state index in [0.29, 0.717) is 0 Å². The summed E-state index contributed by atoms with van der Waals surface area (Å²) in [4.78, 5) is 4.14. The number of aliphatic hydroxyl groups excluding tert-OH is 1. The van der Waals surface area contributed by atoms with Crippen LogP contribution in [-0.4, -0.2) is 26.0 Å². The van der Waals surface area contributed by atoms with Crippen molar-refractivity contribution in [1.82, 2.24) is 14.8 Å². The average molecular weight is 360 g/mol. The van der Waals surface area contributed by atoms with Gasteiger partial charge in [-0.1, -0.05) is 18.2 Å². The van der Waals surface area contributed by atoms with Crippen molar-refractivity contribution < 1.29 is 5.11 Å². The van der Waals surface area contributed by atoms with Crippen LogP contribution in [0.5, 0.6) is 0 Å². The molecule has 0 saturated heterocycles. The molecular formula is C22H24N4O. The van der Waals surface area contributed by atoms with Crippen molar-refractivity contribution in [2.75, 3.05) is 0 Å². The molecule has 1 fully saturated rings. The summed E-state index contributed by atoms with van der Waals surface area (Å²) in [7, 11) is 0. The minimum Gasteiger partial charge on any atom is -0.391 e. The summed E-state index contributed by atoms with van der Waals surface area (Å²) >= 11 is 0. The molecule has 2 aromatic heterocycles. The van der Waals surface area contributed by atoms with Gasteiger partial charge in [0.2, 0.25) is 0 Å². The van der Waals surface area contributed by atoms with E-state index >= 15 is 0 Å². The lowest BCUT2D eigenvalue weighted by Crippen LogP contribution is -2.18. The molecule has 2 aliphatic carbocycles. The van der Waals surface area contributed by atoms with Gasteiger partial charge in [-0.25, -0.2) is 0 Å². The molecule has 138 valence electrons. The van der Waals surface area contributed by atoms with Crippen molar-refractivity contribution in [1.29, 1.82) is 0 Å². The minimum atomic E-state index is -0.318. The lowest BCUT2D eigenvalue weighted by molar-refractivity contribution is 0.130. The Balaban J connectivity index is 1.63. The molecule has 1 aromatic carbocycles. The van der Waals surface area contributed by atoms with Crippen molar-refractivity contribution in [3.63, 3.8) is 0 Å². The Labute approximate surface area is 158 Å². The van der Waals surface area contributed by atoms with Crippen LogP contribution >= 0.6 is 0 Å². The number of hydrogen-bond donors (Lipinski definition) is 2. The number of nitrogens with zero attached hydrogens (tertiary/aromatic N) is 3. The maximum Gasteiger partial charge on any atom is 0.100 e. The number of rotatable bonds is 3. The predicted molar refractivity (Wildman–Crippen MR) is 105 cm³/mol.